The van der Waals surface area contributed by atoms with Gasteiger partial charge in [0.25, 0.3) is 11.6 Å². The molecule has 1 atom stereocenters. The highest BCUT2D eigenvalue weighted by Gasteiger charge is 2.23. The van der Waals surface area contributed by atoms with Crippen molar-refractivity contribution in [2.24, 2.45) is 0 Å². The molecule has 0 aliphatic heterocycles. The Bertz CT molecular complexity index is 1340. The van der Waals surface area contributed by atoms with Crippen molar-refractivity contribution in [2.75, 3.05) is 0 Å². The van der Waals surface area contributed by atoms with Gasteiger partial charge in [-0.05, 0) is 81.1 Å². The number of nitrogens with zero attached hydrogens (tertiary/aromatic N) is 1. The molecule has 0 bridgehead atoms. The Morgan fingerprint density at radius 1 is 1.14 bits per heavy atom. The highest BCUT2D eigenvalue weighted by atomic mass is 19.1. The Morgan fingerprint density at radius 3 is 2.39 bits per heavy atom. The molecular formula is C28H30FN3O4. The number of rotatable bonds is 9. The number of hydrogen-bond donors (Lipinski definition) is 2. The van der Waals surface area contributed by atoms with Crippen LogP contribution in [0.1, 0.15) is 76.7 Å². The van der Waals surface area contributed by atoms with Gasteiger partial charge in [0.05, 0.1) is 22.2 Å². The normalized spacial score (nSPS) is 12.3. The Balaban J connectivity index is 2.02. The maximum absolute atomic E-state index is 13.2. The van der Waals surface area contributed by atoms with Gasteiger partial charge in [-0.15, -0.1) is 0 Å². The summed E-state index contributed by atoms with van der Waals surface area (Å²) in [6.07, 6.45) is 2.57. The fraction of sp³-hybridized carbons (Fsp3) is 0.286. The minimum Gasteiger partial charge on any atom is -0.353 e. The van der Waals surface area contributed by atoms with Crippen molar-refractivity contribution in [1.29, 1.82) is 0 Å². The molecule has 1 heterocycles. The summed E-state index contributed by atoms with van der Waals surface area (Å²) in [5.74, 6) is -0.806. The molecule has 0 saturated carbocycles. The minimum absolute atomic E-state index is 0.0110. The number of hydrogen-bond acceptors (Lipinski definition) is 4. The molecule has 3 rings (SSSR count). The third-order valence-corrected chi connectivity index (χ3v) is 6.19. The van der Waals surface area contributed by atoms with Crippen LogP contribution in [-0.2, 0) is 4.79 Å². The van der Waals surface area contributed by atoms with E-state index in [2.05, 4.69) is 10.3 Å². The summed E-state index contributed by atoms with van der Waals surface area (Å²) in [6, 6.07) is 10.7. The van der Waals surface area contributed by atoms with E-state index >= 15 is 0 Å². The van der Waals surface area contributed by atoms with Crippen molar-refractivity contribution < 1.29 is 18.9 Å². The third-order valence-electron chi connectivity index (χ3n) is 6.19. The fourth-order valence-electron chi connectivity index (χ4n) is 4.16. The minimum atomic E-state index is -0.440. The van der Waals surface area contributed by atoms with Gasteiger partial charge in [0.2, 0.25) is 0 Å². The number of allylic oxidation sites excluding steroid dienone is 1. The average Bonchev–Trinajstić information content (AvgIpc) is 3.11. The van der Waals surface area contributed by atoms with E-state index in [4.69, 9.17) is 0 Å². The molecule has 0 unspecified atom stereocenters. The summed E-state index contributed by atoms with van der Waals surface area (Å²) in [7, 11) is 0. The second-order valence-electron chi connectivity index (χ2n) is 8.90. The van der Waals surface area contributed by atoms with Gasteiger partial charge in [-0.2, -0.15) is 0 Å². The smallest absolute Gasteiger partial charge is 0.293 e. The monoisotopic (exact) mass is 491 g/mol. The molecule has 0 radical (unpaired) electrons. The molecule has 8 heteroatoms. The molecular weight excluding hydrogens is 461 g/mol. The van der Waals surface area contributed by atoms with E-state index in [1.807, 2.05) is 13.8 Å². The van der Waals surface area contributed by atoms with E-state index in [9.17, 15) is 24.1 Å². The Kier molecular flexibility index (Phi) is 8.19. The molecule has 0 fully saturated rings. The summed E-state index contributed by atoms with van der Waals surface area (Å²) >= 11 is 0. The van der Waals surface area contributed by atoms with Crippen LogP contribution in [-0.4, -0.2) is 21.6 Å². The summed E-state index contributed by atoms with van der Waals surface area (Å²) in [6.45, 7) is 8.81. The maximum atomic E-state index is 13.2. The Hall–Kier alpha value is -4.07. The van der Waals surface area contributed by atoms with Crippen molar-refractivity contribution in [3.05, 3.63) is 97.6 Å². The number of nitro groups is 1. The van der Waals surface area contributed by atoms with Gasteiger partial charge < -0.3 is 10.3 Å². The molecule has 3 aromatic rings. The highest BCUT2D eigenvalue weighted by Crippen LogP contribution is 2.31. The quantitative estimate of drug-likeness (QED) is 0.206. The van der Waals surface area contributed by atoms with Gasteiger partial charge in [0, 0.05) is 23.3 Å². The first-order chi connectivity index (χ1) is 17.0. The number of benzene rings is 2. The van der Waals surface area contributed by atoms with Gasteiger partial charge in [0.15, 0.2) is 5.78 Å². The van der Waals surface area contributed by atoms with Crippen LogP contribution < -0.4 is 5.32 Å². The van der Waals surface area contributed by atoms with Gasteiger partial charge in [-0.3, -0.25) is 19.7 Å². The number of carbonyl (C=O) groups is 2. The average molecular weight is 492 g/mol. The number of amides is 1. The van der Waals surface area contributed by atoms with Crippen molar-refractivity contribution in [1.82, 2.24) is 10.3 Å². The molecule has 0 aliphatic rings. The Morgan fingerprint density at radius 2 is 1.81 bits per heavy atom. The molecule has 0 spiro atoms. The summed E-state index contributed by atoms with van der Waals surface area (Å²) in [5, 5.41) is 14.4. The zero-order valence-electron chi connectivity index (χ0n) is 21.1. The molecule has 188 valence electrons. The van der Waals surface area contributed by atoms with Gasteiger partial charge >= 0.3 is 0 Å². The van der Waals surface area contributed by atoms with Crippen LogP contribution in [0.5, 0.6) is 0 Å². The topological polar surface area (TPSA) is 105 Å². The lowest BCUT2D eigenvalue weighted by atomic mass is 9.92. The highest BCUT2D eigenvalue weighted by molar-refractivity contribution is 6.25. The van der Waals surface area contributed by atoms with Crippen LogP contribution in [0.15, 0.2) is 42.5 Å². The first-order valence-electron chi connectivity index (χ1n) is 11.8. The number of nitrogens with one attached hydrogen (secondary N) is 2. The lowest BCUT2D eigenvalue weighted by Gasteiger charge is -2.16. The van der Waals surface area contributed by atoms with Crippen molar-refractivity contribution in [3.63, 3.8) is 0 Å². The predicted molar refractivity (Wildman–Crippen MR) is 138 cm³/mol. The molecule has 0 aliphatic carbocycles. The van der Waals surface area contributed by atoms with Gasteiger partial charge in [0.1, 0.15) is 5.82 Å². The van der Waals surface area contributed by atoms with Gasteiger partial charge in [-0.1, -0.05) is 25.1 Å². The number of carbonyl (C=O) groups excluding carboxylic acids is 2. The standard InChI is InChI=1S/C28H30FN3O4/c1-6-7-26(33)24(15-25-17(3)27(32(35)36)19(5)30-25)23-14-21(9-8-16(23)2)28(34)31-18(4)20-10-12-22(29)13-11-20/h8-15,18,30H,6-7H2,1-5H3,(H,31,34)/b24-15-/t18-/m1/s1. The third kappa shape index (κ3) is 5.76. The van der Waals surface area contributed by atoms with Crippen molar-refractivity contribution in [3.8, 4) is 0 Å². The van der Waals surface area contributed by atoms with Crippen molar-refractivity contribution >= 4 is 29.0 Å². The molecule has 2 aromatic carbocycles. The number of H-pyrrole nitrogens is 1. The van der Waals surface area contributed by atoms with Crippen LogP contribution in [0, 0.1) is 36.7 Å². The van der Waals surface area contributed by atoms with Crippen LogP contribution in [0.3, 0.4) is 0 Å². The molecule has 1 aromatic heterocycles. The number of aryl methyl sites for hydroxylation is 2. The van der Waals surface area contributed by atoms with Crippen molar-refractivity contribution in [2.45, 2.75) is 53.5 Å². The van der Waals surface area contributed by atoms with Crippen LogP contribution in [0.25, 0.3) is 11.6 Å². The molecule has 2 N–H and O–H groups in total. The maximum Gasteiger partial charge on any atom is 0.293 e. The largest absolute Gasteiger partial charge is 0.353 e. The number of Topliss-reactive ketones (excluding diaryl/α,β-unsaturated/α-hetero) is 1. The number of ketones is 1. The zero-order valence-corrected chi connectivity index (χ0v) is 21.1. The molecule has 36 heavy (non-hydrogen) atoms. The first-order valence-corrected chi connectivity index (χ1v) is 11.8. The first kappa shape index (κ1) is 26.5. The van der Waals surface area contributed by atoms with Crippen LogP contribution >= 0.6 is 0 Å². The zero-order chi connectivity index (χ0) is 26.6. The second kappa shape index (κ2) is 11.1. The summed E-state index contributed by atoms with van der Waals surface area (Å²) < 4.78 is 13.2. The van der Waals surface area contributed by atoms with Crippen LogP contribution in [0.4, 0.5) is 10.1 Å². The van der Waals surface area contributed by atoms with E-state index in [-0.39, 0.29) is 29.2 Å². The van der Waals surface area contributed by atoms with E-state index in [1.165, 1.54) is 12.1 Å². The molecule has 1 amide bonds. The second-order valence-corrected chi connectivity index (χ2v) is 8.90. The van der Waals surface area contributed by atoms with Crippen LogP contribution in [0.2, 0.25) is 0 Å². The summed E-state index contributed by atoms with van der Waals surface area (Å²) in [4.78, 5) is 40.2. The lowest BCUT2D eigenvalue weighted by molar-refractivity contribution is -0.385. The van der Waals surface area contributed by atoms with E-state index in [0.29, 0.717) is 46.5 Å². The number of aromatic nitrogens is 1. The van der Waals surface area contributed by atoms with Gasteiger partial charge in [-0.25, -0.2) is 4.39 Å². The predicted octanol–water partition coefficient (Wildman–Crippen LogP) is 6.39. The molecule has 0 saturated heterocycles. The lowest BCUT2D eigenvalue weighted by Crippen LogP contribution is -2.26. The Labute approximate surface area is 209 Å². The summed E-state index contributed by atoms with van der Waals surface area (Å²) in [5.41, 5.74) is 4.22. The molecule has 7 nitrogen and oxygen atoms in total. The number of aromatic amines is 1. The SMILES string of the molecule is CCCC(=O)/C(=C\c1[nH]c(C)c([N+](=O)[O-])c1C)c1cc(C(=O)N[C@H](C)c2ccc(F)cc2)ccc1C. The van der Waals surface area contributed by atoms with E-state index < -0.39 is 4.92 Å². The van der Waals surface area contributed by atoms with E-state index in [1.54, 1.807) is 57.2 Å². The van der Waals surface area contributed by atoms with E-state index in [0.717, 1.165) is 11.1 Å². The fourth-order valence-corrected chi connectivity index (χ4v) is 4.16. The number of halogens is 1.